The Bertz CT molecular complexity index is 2140. The molecule has 4 heteroatoms. The first kappa shape index (κ1) is 27.0. The van der Waals surface area contributed by atoms with E-state index in [4.69, 9.17) is 9.97 Å². The molecule has 0 fully saturated rings. The molecule has 3 heterocycles. The van der Waals surface area contributed by atoms with Crippen molar-refractivity contribution in [3.63, 3.8) is 0 Å². The van der Waals surface area contributed by atoms with Crippen molar-refractivity contribution in [1.82, 2.24) is 19.5 Å². The first-order chi connectivity index (χ1) is 21.7. The zero-order chi connectivity index (χ0) is 29.9. The second-order valence-electron chi connectivity index (χ2n) is 10.6. The van der Waals surface area contributed by atoms with Crippen LogP contribution in [-0.2, 0) is 0 Å². The maximum Gasteiger partial charge on any atom is 0.160 e. The minimum Gasteiger partial charge on any atom is -0.310 e. The van der Waals surface area contributed by atoms with E-state index in [-0.39, 0.29) is 0 Å². The van der Waals surface area contributed by atoms with Crippen LogP contribution < -0.4 is 0 Å². The van der Waals surface area contributed by atoms with E-state index in [1.807, 2.05) is 61.8 Å². The standard InChI is InChI=1S/C40H30N4/c1-3-29(21-20-28(2)44-38-18-9-7-16-34(38)35-17-8-10-19-39(35)44)36-27-37(43-40(42-36)31-12-5-4-6-13-31)33-15-11-14-32(26-33)30-22-24-41-25-23-30/h3-27H,2H2,1H3/b21-20-,29-3+. The lowest BCUT2D eigenvalue weighted by Gasteiger charge is -2.11. The largest absolute Gasteiger partial charge is 0.310 e. The average Bonchev–Trinajstić information content (AvgIpc) is 3.44. The second-order valence-corrected chi connectivity index (χ2v) is 10.6. The number of fused-ring (bicyclic) bond motifs is 3. The van der Waals surface area contributed by atoms with Crippen molar-refractivity contribution in [3.8, 4) is 33.8 Å². The zero-order valence-electron chi connectivity index (χ0n) is 24.4. The van der Waals surface area contributed by atoms with Gasteiger partial charge in [0.15, 0.2) is 5.82 Å². The Kier molecular flexibility index (Phi) is 7.23. The van der Waals surface area contributed by atoms with Gasteiger partial charge in [-0.2, -0.15) is 0 Å². The Balaban J connectivity index is 1.30. The molecule has 44 heavy (non-hydrogen) atoms. The molecule has 7 rings (SSSR count). The van der Waals surface area contributed by atoms with Crippen LogP contribution in [0.15, 0.2) is 159 Å². The Labute approximate surface area is 257 Å². The fourth-order valence-electron chi connectivity index (χ4n) is 5.68. The van der Waals surface area contributed by atoms with E-state index in [2.05, 4.69) is 113 Å². The molecule has 7 aromatic rings. The first-order valence-electron chi connectivity index (χ1n) is 14.7. The number of hydrogen-bond donors (Lipinski definition) is 0. The van der Waals surface area contributed by atoms with Crippen molar-refractivity contribution < 1.29 is 0 Å². The lowest BCUT2D eigenvalue weighted by molar-refractivity contribution is 1.16. The molecule has 0 radical (unpaired) electrons. The highest BCUT2D eigenvalue weighted by atomic mass is 15.0. The van der Waals surface area contributed by atoms with Crippen molar-refractivity contribution in [1.29, 1.82) is 0 Å². The van der Waals surface area contributed by atoms with Gasteiger partial charge in [-0.3, -0.25) is 4.98 Å². The minimum absolute atomic E-state index is 0.682. The summed E-state index contributed by atoms with van der Waals surface area (Å²) in [7, 11) is 0. The lowest BCUT2D eigenvalue weighted by Crippen LogP contribution is -1.98. The summed E-state index contributed by atoms with van der Waals surface area (Å²) in [5.74, 6) is 0.682. The fraction of sp³-hybridized carbons (Fsp3) is 0.0250. The van der Waals surface area contributed by atoms with Gasteiger partial charge >= 0.3 is 0 Å². The van der Waals surface area contributed by atoms with Crippen LogP contribution in [0.25, 0.3) is 66.8 Å². The summed E-state index contributed by atoms with van der Waals surface area (Å²) in [6, 6.07) is 41.6. The van der Waals surface area contributed by atoms with Crippen LogP contribution in [0.5, 0.6) is 0 Å². The highest BCUT2D eigenvalue weighted by Gasteiger charge is 2.13. The van der Waals surface area contributed by atoms with Gasteiger partial charge in [0.25, 0.3) is 0 Å². The van der Waals surface area contributed by atoms with Crippen LogP contribution in [0.1, 0.15) is 12.6 Å². The number of rotatable bonds is 7. The van der Waals surface area contributed by atoms with Gasteiger partial charge in [0.2, 0.25) is 0 Å². The first-order valence-corrected chi connectivity index (χ1v) is 14.7. The second kappa shape index (κ2) is 11.8. The SMILES string of the molecule is C=C(/C=C\C(=C/C)c1cc(-c2cccc(-c3ccncc3)c2)nc(-c2ccccc2)n1)n1c2ccccc2c2ccccc21. The van der Waals surface area contributed by atoms with E-state index in [0.717, 1.165) is 55.9 Å². The molecule has 0 bridgehead atoms. The molecule has 4 aromatic carbocycles. The summed E-state index contributed by atoms with van der Waals surface area (Å²) in [5.41, 5.74) is 10.0. The Hall–Kier alpha value is -5.87. The molecular weight excluding hydrogens is 536 g/mol. The van der Waals surface area contributed by atoms with Crippen LogP contribution in [-0.4, -0.2) is 19.5 Å². The molecule has 0 saturated heterocycles. The lowest BCUT2D eigenvalue weighted by atomic mass is 10.0. The number of allylic oxidation sites excluding steroid dienone is 5. The van der Waals surface area contributed by atoms with Crippen LogP contribution >= 0.6 is 0 Å². The molecular formula is C40H30N4. The predicted octanol–water partition coefficient (Wildman–Crippen LogP) is 10.1. The van der Waals surface area contributed by atoms with E-state index in [9.17, 15) is 0 Å². The zero-order valence-corrected chi connectivity index (χ0v) is 24.4. The summed E-state index contributed by atoms with van der Waals surface area (Å²) >= 11 is 0. The van der Waals surface area contributed by atoms with Gasteiger partial charge in [0.1, 0.15) is 0 Å². The van der Waals surface area contributed by atoms with E-state index < -0.39 is 0 Å². The van der Waals surface area contributed by atoms with Crippen LogP contribution in [0, 0.1) is 0 Å². The third-order valence-electron chi connectivity index (χ3n) is 7.86. The third-order valence-corrected chi connectivity index (χ3v) is 7.86. The number of nitrogens with zero attached hydrogens (tertiary/aromatic N) is 4. The average molecular weight is 567 g/mol. The summed E-state index contributed by atoms with van der Waals surface area (Å²) in [5, 5.41) is 2.43. The van der Waals surface area contributed by atoms with Gasteiger partial charge < -0.3 is 4.57 Å². The molecule has 210 valence electrons. The van der Waals surface area contributed by atoms with Gasteiger partial charge in [0.05, 0.1) is 22.4 Å². The normalized spacial score (nSPS) is 11.9. The summed E-state index contributed by atoms with van der Waals surface area (Å²) in [6.45, 7) is 6.52. The summed E-state index contributed by atoms with van der Waals surface area (Å²) < 4.78 is 2.22. The Morgan fingerprint density at radius 2 is 1.25 bits per heavy atom. The van der Waals surface area contributed by atoms with Crippen molar-refractivity contribution in [2.75, 3.05) is 0 Å². The molecule has 0 unspecified atom stereocenters. The van der Waals surface area contributed by atoms with E-state index in [1.54, 1.807) is 0 Å². The van der Waals surface area contributed by atoms with Crippen molar-refractivity contribution in [2.24, 2.45) is 0 Å². The van der Waals surface area contributed by atoms with Gasteiger partial charge in [-0.15, -0.1) is 0 Å². The monoisotopic (exact) mass is 566 g/mol. The van der Waals surface area contributed by atoms with E-state index in [0.29, 0.717) is 5.82 Å². The predicted molar refractivity (Wildman–Crippen MR) is 184 cm³/mol. The Morgan fingerprint density at radius 1 is 0.614 bits per heavy atom. The third kappa shape index (κ3) is 5.14. The highest BCUT2D eigenvalue weighted by Crippen LogP contribution is 2.33. The fourth-order valence-corrected chi connectivity index (χ4v) is 5.68. The topological polar surface area (TPSA) is 43.6 Å². The van der Waals surface area contributed by atoms with Gasteiger partial charge in [-0.25, -0.2) is 9.97 Å². The molecule has 4 nitrogen and oxygen atoms in total. The number of aromatic nitrogens is 4. The van der Waals surface area contributed by atoms with Crippen LogP contribution in [0.4, 0.5) is 0 Å². The van der Waals surface area contributed by atoms with Gasteiger partial charge in [-0.05, 0) is 66.1 Å². The molecule has 0 aliphatic heterocycles. The number of benzene rings is 4. The van der Waals surface area contributed by atoms with Crippen molar-refractivity contribution in [2.45, 2.75) is 6.92 Å². The maximum atomic E-state index is 5.05. The molecule has 3 aromatic heterocycles. The quantitative estimate of drug-likeness (QED) is 0.180. The summed E-state index contributed by atoms with van der Waals surface area (Å²) in [4.78, 5) is 14.3. The molecule has 0 aliphatic carbocycles. The van der Waals surface area contributed by atoms with Crippen molar-refractivity contribution >= 4 is 33.1 Å². The number of pyridine rings is 1. The maximum absolute atomic E-state index is 5.05. The minimum atomic E-state index is 0.682. The molecule has 0 atom stereocenters. The van der Waals surface area contributed by atoms with Crippen LogP contribution in [0.2, 0.25) is 0 Å². The smallest absolute Gasteiger partial charge is 0.160 e. The van der Waals surface area contributed by atoms with E-state index in [1.165, 1.54) is 10.8 Å². The number of para-hydroxylation sites is 2. The van der Waals surface area contributed by atoms with E-state index >= 15 is 0 Å². The Morgan fingerprint density at radius 3 is 1.95 bits per heavy atom. The van der Waals surface area contributed by atoms with Gasteiger partial charge in [-0.1, -0.05) is 104 Å². The van der Waals surface area contributed by atoms with Gasteiger partial charge in [0, 0.05) is 40.0 Å². The molecule has 0 saturated carbocycles. The molecule has 0 amide bonds. The molecule has 0 spiro atoms. The van der Waals surface area contributed by atoms with Crippen LogP contribution in [0.3, 0.4) is 0 Å². The van der Waals surface area contributed by atoms with Crippen molar-refractivity contribution in [3.05, 3.63) is 164 Å². The summed E-state index contributed by atoms with van der Waals surface area (Å²) in [6.07, 6.45) is 9.89. The highest BCUT2D eigenvalue weighted by molar-refractivity contribution is 6.10. The molecule has 0 aliphatic rings. The molecule has 0 N–H and O–H groups in total. The number of hydrogen-bond acceptors (Lipinski definition) is 3.